The highest BCUT2D eigenvalue weighted by Gasteiger charge is 2.22. The molecule has 2 N–H and O–H groups in total. The Balaban J connectivity index is 1.80. The van der Waals surface area contributed by atoms with Crippen molar-refractivity contribution in [1.29, 1.82) is 0 Å². The molecule has 0 unspecified atom stereocenters. The summed E-state index contributed by atoms with van der Waals surface area (Å²) in [5.74, 6) is -0.310. The number of hydrogen-bond acceptors (Lipinski definition) is 7. The molecule has 1 aromatic heterocycles. The third kappa shape index (κ3) is 5.47. The number of rotatable bonds is 8. The van der Waals surface area contributed by atoms with Gasteiger partial charge in [-0.05, 0) is 38.8 Å². The molecule has 0 bridgehead atoms. The Morgan fingerprint density at radius 3 is 2.88 bits per heavy atom. The minimum atomic E-state index is -3.67. The summed E-state index contributed by atoms with van der Waals surface area (Å²) in [6, 6.07) is 0.624. The molecule has 1 aliphatic heterocycles. The minimum absolute atomic E-state index is 0.129. The first-order valence-electron chi connectivity index (χ1n) is 8.27. The van der Waals surface area contributed by atoms with Crippen LogP contribution in [0.5, 0.6) is 0 Å². The topological polar surface area (TPSA) is 104 Å². The lowest BCUT2D eigenvalue weighted by molar-refractivity contribution is -0.114. The first kappa shape index (κ1) is 19.2. The second kappa shape index (κ2) is 8.84. The van der Waals surface area contributed by atoms with Crippen LogP contribution in [-0.4, -0.2) is 55.1 Å². The number of anilines is 1. The Hall–Kier alpha value is -1.10. The van der Waals surface area contributed by atoms with Crippen LogP contribution < -0.4 is 10.0 Å². The number of nitrogens with zero attached hydrogens (tertiary/aromatic N) is 3. The standard InChI is InChI=1S/C14H25N5O3S2/c1-3-12-7-4-5-9-19(12)10-6-8-15-24(21,22)14-18-17-13(23-14)16-11(2)20/h12,15H,3-10H2,1-2H3,(H,16,17,20)/t12-/m0/s1. The summed E-state index contributed by atoms with van der Waals surface area (Å²) in [6.45, 7) is 5.89. The highest BCUT2D eigenvalue weighted by atomic mass is 32.2. The SMILES string of the molecule is CC[C@H]1CCCCN1CCCNS(=O)(=O)c1nnc(NC(C)=O)s1. The molecule has 1 amide bonds. The largest absolute Gasteiger partial charge is 0.301 e. The molecule has 0 saturated carbocycles. The maximum Gasteiger partial charge on any atom is 0.269 e. The maximum absolute atomic E-state index is 12.2. The van der Waals surface area contributed by atoms with Crippen molar-refractivity contribution in [3.05, 3.63) is 0 Å². The first-order chi connectivity index (χ1) is 11.4. The fourth-order valence-electron chi connectivity index (χ4n) is 2.89. The van der Waals surface area contributed by atoms with Crippen LogP contribution in [0.3, 0.4) is 0 Å². The lowest BCUT2D eigenvalue weighted by Crippen LogP contribution is -2.40. The summed E-state index contributed by atoms with van der Waals surface area (Å²) in [5.41, 5.74) is 0. The lowest BCUT2D eigenvalue weighted by Gasteiger charge is -2.35. The molecule has 2 rings (SSSR count). The number of carbonyl (C=O) groups excluding carboxylic acids is 1. The van der Waals surface area contributed by atoms with Gasteiger partial charge in [0.05, 0.1) is 0 Å². The third-order valence-electron chi connectivity index (χ3n) is 4.05. The van der Waals surface area contributed by atoms with E-state index in [4.69, 9.17) is 0 Å². The number of nitrogens with one attached hydrogen (secondary N) is 2. The Bertz CT molecular complexity index is 647. The molecule has 136 valence electrons. The number of hydrogen-bond donors (Lipinski definition) is 2. The molecule has 1 aliphatic rings. The average molecular weight is 376 g/mol. The normalized spacial score (nSPS) is 19.3. The zero-order valence-corrected chi connectivity index (χ0v) is 15.8. The van der Waals surface area contributed by atoms with Gasteiger partial charge in [-0.3, -0.25) is 4.79 Å². The van der Waals surface area contributed by atoms with Crippen molar-refractivity contribution >= 4 is 32.4 Å². The van der Waals surface area contributed by atoms with Gasteiger partial charge in [-0.15, -0.1) is 10.2 Å². The molecule has 0 aromatic carbocycles. The molecule has 2 heterocycles. The van der Waals surface area contributed by atoms with Crippen LogP contribution in [0.4, 0.5) is 5.13 Å². The first-order valence-corrected chi connectivity index (χ1v) is 10.6. The van der Waals surface area contributed by atoms with E-state index in [1.54, 1.807) is 0 Å². The Morgan fingerprint density at radius 2 is 2.17 bits per heavy atom. The molecule has 1 fully saturated rings. The van der Waals surface area contributed by atoms with Gasteiger partial charge in [0.2, 0.25) is 15.4 Å². The summed E-state index contributed by atoms with van der Waals surface area (Å²) < 4.78 is 26.8. The van der Waals surface area contributed by atoms with Crippen molar-refractivity contribution in [3.63, 3.8) is 0 Å². The third-order valence-corrected chi connectivity index (χ3v) is 6.72. The van der Waals surface area contributed by atoms with Crippen LogP contribution in [-0.2, 0) is 14.8 Å². The fraction of sp³-hybridized carbons (Fsp3) is 0.786. The maximum atomic E-state index is 12.2. The highest BCUT2D eigenvalue weighted by molar-refractivity contribution is 7.91. The summed E-state index contributed by atoms with van der Waals surface area (Å²) in [5, 5.41) is 9.89. The van der Waals surface area contributed by atoms with E-state index in [9.17, 15) is 13.2 Å². The molecule has 1 atom stereocenters. The second-order valence-electron chi connectivity index (χ2n) is 5.90. The van der Waals surface area contributed by atoms with Crippen LogP contribution in [0.1, 0.15) is 46.0 Å². The van der Waals surface area contributed by atoms with Crippen molar-refractivity contribution in [2.24, 2.45) is 0 Å². The van der Waals surface area contributed by atoms with Gasteiger partial charge in [-0.1, -0.05) is 24.7 Å². The monoisotopic (exact) mass is 375 g/mol. The zero-order chi connectivity index (χ0) is 17.6. The van der Waals surface area contributed by atoms with Crippen LogP contribution in [0.25, 0.3) is 0 Å². The molecule has 24 heavy (non-hydrogen) atoms. The smallest absolute Gasteiger partial charge is 0.269 e. The van der Waals surface area contributed by atoms with Gasteiger partial charge in [0.25, 0.3) is 10.0 Å². The number of aromatic nitrogens is 2. The van der Waals surface area contributed by atoms with Crippen molar-refractivity contribution in [2.75, 3.05) is 25.0 Å². The van der Waals surface area contributed by atoms with E-state index in [0.29, 0.717) is 12.6 Å². The number of piperidine rings is 1. The summed E-state index contributed by atoms with van der Waals surface area (Å²) in [6.07, 6.45) is 5.64. The molecule has 0 aliphatic carbocycles. The summed E-state index contributed by atoms with van der Waals surface area (Å²) in [4.78, 5) is 13.4. The van der Waals surface area contributed by atoms with E-state index in [1.807, 2.05) is 0 Å². The highest BCUT2D eigenvalue weighted by Crippen LogP contribution is 2.20. The van der Waals surface area contributed by atoms with E-state index in [2.05, 4.69) is 32.1 Å². The van der Waals surface area contributed by atoms with E-state index in [-0.39, 0.29) is 15.4 Å². The van der Waals surface area contributed by atoms with E-state index in [0.717, 1.165) is 37.3 Å². The fourth-order valence-corrected chi connectivity index (χ4v) is 4.95. The zero-order valence-electron chi connectivity index (χ0n) is 14.1. The van der Waals surface area contributed by atoms with Gasteiger partial charge in [0.15, 0.2) is 0 Å². The van der Waals surface area contributed by atoms with E-state index in [1.165, 1.54) is 26.2 Å². The van der Waals surface area contributed by atoms with Crippen LogP contribution >= 0.6 is 11.3 Å². The Morgan fingerprint density at radius 1 is 1.38 bits per heavy atom. The van der Waals surface area contributed by atoms with Gasteiger partial charge >= 0.3 is 0 Å². The van der Waals surface area contributed by atoms with Crippen LogP contribution in [0.15, 0.2) is 4.34 Å². The predicted octanol–water partition coefficient (Wildman–Crippen LogP) is 1.43. The average Bonchev–Trinajstić information content (AvgIpc) is 3.00. The van der Waals surface area contributed by atoms with Gasteiger partial charge in [-0.25, -0.2) is 13.1 Å². The van der Waals surface area contributed by atoms with E-state index < -0.39 is 10.0 Å². The van der Waals surface area contributed by atoms with Gasteiger partial charge < -0.3 is 10.2 Å². The second-order valence-corrected chi connectivity index (χ2v) is 8.82. The Kier molecular flexibility index (Phi) is 7.08. The molecule has 8 nitrogen and oxygen atoms in total. The van der Waals surface area contributed by atoms with Crippen molar-refractivity contribution in [1.82, 2.24) is 19.8 Å². The van der Waals surface area contributed by atoms with Gasteiger partial charge in [0, 0.05) is 19.5 Å². The minimum Gasteiger partial charge on any atom is -0.301 e. The number of amides is 1. The van der Waals surface area contributed by atoms with Gasteiger partial charge in [0.1, 0.15) is 0 Å². The van der Waals surface area contributed by atoms with Crippen molar-refractivity contribution in [2.45, 2.75) is 56.3 Å². The summed E-state index contributed by atoms with van der Waals surface area (Å²) in [7, 11) is -3.67. The van der Waals surface area contributed by atoms with E-state index >= 15 is 0 Å². The van der Waals surface area contributed by atoms with Crippen molar-refractivity contribution < 1.29 is 13.2 Å². The lowest BCUT2D eigenvalue weighted by atomic mass is 10.00. The van der Waals surface area contributed by atoms with Crippen molar-refractivity contribution in [3.8, 4) is 0 Å². The Labute approximate surface area is 147 Å². The quantitative estimate of drug-likeness (QED) is 0.526. The molecule has 1 saturated heterocycles. The molecule has 1 aromatic rings. The predicted molar refractivity (Wildman–Crippen MR) is 93.5 cm³/mol. The van der Waals surface area contributed by atoms with Gasteiger partial charge in [-0.2, -0.15) is 0 Å². The molecular formula is C14H25N5O3S2. The molecule has 0 spiro atoms. The number of carbonyl (C=O) groups is 1. The summed E-state index contributed by atoms with van der Waals surface area (Å²) >= 11 is 0.843. The number of sulfonamides is 1. The van der Waals surface area contributed by atoms with Crippen LogP contribution in [0.2, 0.25) is 0 Å². The van der Waals surface area contributed by atoms with Crippen LogP contribution in [0, 0.1) is 0 Å². The molecular weight excluding hydrogens is 350 g/mol. The number of likely N-dealkylation sites (tertiary alicyclic amines) is 1. The molecule has 0 radical (unpaired) electrons. The molecule has 10 heteroatoms.